The van der Waals surface area contributed by atoms with Gasteiger partial charge in [-0.3, -0.25) is 0 Å². The SMILES string of the molecule is COC(=O)c1nc(C2CCCC2)sc1C. The molecule has 82 valence electrons. The van der Waals surface area contributed by atoms with Crippen LogP contribution in [0.4, 0.5) is 0 Å². The van der Waals surface area contributed by atoms with Crippen LogP contribution in [0, 0.1) is 6.92 Å². The summed E-state index contributed by atoms with van der Waals surface area (Å²) in [6, 6.07) is 0. The molecule has 2 rings (SSSR count). The summed E-state index contributed by atoms with van der Waals surface area (Å²) in [6.45, 7) is 1.93. The molecule has 1 fully saturated rings. The molecule has 0 saturated heterocycles. The topological polar surface area (TPSA) is 39.2 Å². The lowest BCUT2D eigenvalue weighted by Crippen LogP contribution is -2.04. The number of aromatic nitrogens is 1. The molecule has 1 aromatic heterocycles. The smallest absolute Gasteiger partial charge is 0.357 e. The van der Waals surface area contributed by atoms with Crippen LogP contribution in [-0.4, -0.2) is 18.1 Å². The van der Waals surface area contributed by atoms with E-state index in [1.165, 1.54) is 32.8 Å². The fraction of sp³-hybridized carbons (Fsp3) is 0.636. The molecule has 0 radical (unpaired) electrons. The van der Waals surface area contributed by atoms with Crippen molar-refractivity contribution in [3.05, 3.63) is 15.6 Å². The minimum absolute atomic E-state index is 0.312. The molecule has 4 heteroatoms. The Labute approximate surface area is 93.5 Å². The predicted molar refractivity (Wildman–Crippen MR) is 59.4 cm³/mol. The van der Waals surface area contributed by atoms with E-state index in [-0.39, 0.29) is 5.97 Å². The van der Waals surface area contributed by atoms with Gasteiger partial charge in [0.1, 0.15) is 0 Å². The van der Waals surface area contributed by atoms with Gasteiger partial charge in [0.25, 0.3) is 0 Å². The molecule has 0 unspecified atom stereocenters. The Morgan fingerprint density at radius 1 is 1.47 bits per heavy atom. The van der Waals surface area contributed by atoms with Gasteiger partial charge in [0, 0.05) is 10.8 Å². The minimum atomic E-state index is -0.312. The van der Waals surface area contributed by atoms with Gasteiger partial charge in [-0.05, 0) is 19.8 Å². The summed E-state index contributed by atoms with van der Waals surface area (Å²) in [7, 11) is 1.40. The van der Waals surface area contributed by atoms with Crippen LogP contribution in [0.2, 0.25) is 0 Å². The van der Waals surface area contributed by atoms with Gasteiger partial charge in [-0.2, -0.15) is 0 Å². The highest BCUT2D eigenvalue weighted by molar-refractivity contribution is 7.12. The van der Waals surface area contributed by atoms with Crippen LogP contribution < -0.4 is 0 Å². The monoisotopic (exact) mass is 225 g/mol. The average molecular weight is 225 g/mol. The van der Waals surface area contributed by atoms with Gasteiger partial charge in [0.2, 0.25) is 0 Å². The number of ether oxygens (including phenoxy) is 1. The molecule has 0 bridgehead atoms. The van der Waals surface area contributed by atoms with Crippen LogP contribution in [0.5, 0.6) is 0 Å². The van der Waals surface area contributed by atoms with Crippen molar-refractivity contribution < 1.29 is 9.53 Å². The van der Waals surface area contributed by atoms with Crippen LogP contribution in [0.3, 0.4) is 0 Å². The molecule has 0 N–H and O–H groups in total. The first-order valence-corrected chi connectivity index (χ1v) is 6.09. The van der Waals surface area contributed by atoms with Crippen molar-refractivity contribution in [2.24, 2.45) is 0 Å². The Morgan fingerprint density at radius 2 is 2.13 bits per heavy atom. The first-order valence-electron chi connectivity index (χ1n) is 5.28. The third kappa shape index (κ3) is 2.04. The lowest BCUT2D eigenvalue weighted by molar-refractivity contribution is 0.0594. The number of carbonyl (C=O) groups excluding carboxylic acids is 1. The van der Waals surface area contributed by atoms with E-state index in [4.69, 9.17) is 4.74 Å². The van der Waals surface area contributed by atoms with Gasteiger partial charge >= 0.3 is 5.97 Å². The number of methoxy groups -OCH3 is 1. The van der Waals surface area contributed by atoms with Crippen molar-refractivity contribution in [1.29, 1.82) is 0 Å². The number of aryl methyl sites for hydroxylation is 1. The number of esters is 1. The summed E-state index contributed by atoms with van der Waals surface area (Å²) < 4.78 is 4.70. The van der Waals surface area contributed by atoms with Gasteiger partial charge in [-0.25, -0.2) is 9.78 Å². The van der Waals surface area contributed by atoms with Crippen molar-refractivity contribution in [2.75, 3.05) is 7.11 Å². The van der Waals surface area contributed by atoms with Crippen molar-refractivity contribution in [3.8, 4) is 0 Å². The predicted octanol–water partition coefficient (Wildman–Crippen LogP) is 2.90. The number of thiazole rings is 1. The second kappa shape index (κ2) is 4.31. The van der Waals surface area contributed by atoms with Gasteiger partial charge in [0.05, 0.1) is 12.1 Å². The minimum Gasteiger partial charge on any atom is -0.464 e. The molecule has 0 amide bonds. The summed E-state index contributed by atoms with van der Waals surface area (Å²) in [5.74, 6) is 0.264. The molecule has 15 heavy (non-hydrogen) atoms. The molecule has 1 aliphatic rings. The summed E-state index contributed by atoms with van der Waals surface area (Å²) in [4.78, 5) is 16.8. The van der Waals surface area contributed by atoms with E-state index >= 15 is 0 Å². The fourth-order valence-corrected chi connectivity index (χ4v) is 3.13. The van der Waals surface area contributed by atoms with E-state index in [1.54, 1.807) is 11.3 Å². The largest absolute Gasteiger partial charge is 0.464 e. The number of hydrogen-bond acceptors (Lipinski definition) is 4. The lowest BCUT2D eigenvalue weighted by Gasteiger charge is -2.02. The molecule has 0 aliphatic heterocycles. The molecule has 0 spiro atoms. The number of rotatable bonds is 2. The maximum atomic E-state index is 11.4. The summed E-state index contributed by atoms with van der Waals surface area (Å²) >= 11 is 1.64. The van der Waals surface area contributed by atoms with Crippen LogP contribution in [0.25, 0.3) is 0 Å². The highest BCUT2D eigenvalue weighted by atomic mass is 32.1. The molecule has 1 heterocycles. The Bertz CT molecular complexity index is 367. The Morgan fingerprint density at radius 3 is 2.73 bits per heavy atom. The summed E-state index contributed by atoms with van der Waals surface area (Å²) in [6.07, 6.45) is 5.01. The highest BCUT2D eigenvalue weighted by Crippen LogP contribution is 2.36. The van der Waals surface area contributed by atoms with E-state index in [0.29, 0.717) is 11.6 Å². The van der Waals surface area contributed by atoms with Gasteiger partial charge in [0.15, 0.2) is 5.69 Å². The van der Waals surface area contributed by atoms with Crippen molar-refractivity contribution in [2.45, 2.75) is 38.5 Å². The Kier molecular flexibility index (Phi) is 3.05. The van der Waals surface area contributed by atoms with Crippen LogP contribution in [-0.2, 0) is 4.74 Å². The van der Waals surface area contributed by atoms with Crippen molar-refractivity contribution >= 4 is 17.3 Å². The molecule has 3 nitrogen and oxygen atoms in total. The fourth-order valence-electron chi connectivity index (χ4n) is 2.05. The highest BCUT2D eigenvalue weighted by Gasteiger charge is 2.23. The van der Waals surface area contributed by atoms with E-state index in [1.807, 2.05) is 6.92 Å². The Hall–Kier alpha value is -0.900. The molecular formula is C11H15NO2S. The zero-order chi connectivity index (χ0) is 10.8. The van der Waals surface area contributed by atoms with Crippen LogP contribution >= 0.6 is 11.3 Å². The second-order valence-corrected chi connectivity index (χ2v) is 5.16. The van der Waals surface area contributed by atoms with Crippen molar-refractivity contribution in [3.63, 3.8) is 0 Å². The molecule has 1 aromatic rings. The Balaban J connectivity index is 2.23. The van der Waals surface area contributed by atoms with Gasteiger partial charge in [-0.1, -0.05) is 12.8 Å². The van der Waals surface area contributed by atoms with Crippen molar-refractivity contribution in [1.82, 2.24) is 4.98 Å². The molecule has 0 aromatic carbocycles. The second-order valence-electron chi connectivity index (χ2n) is 3.93. The third-order valence-electron chi connectivity index (χ3n) is 2.90. The third-order valence-corrected chi connectivity index (χ3v) is 4.03. The first-order chi connectivity index (χ1) is 7.22. The number of nitrogens with zero attached hydrogens (tertiary/aromatic N) is 1. The van der Waals surface area contributed by atoms with E-state index in [0.717, 1.165) is 9.88 Å². The molecule has 0 atom stereocenters. The quantitative estimate of drug-likeness (QED) is 0.726. The molecule has 1 saturated carbocycles. The molecular weight excluding hydrogens is 210 g/mol. The average Bonchev–Trinajstić information content (AvgIpc) is 2.84. The van der Waals surface area contributed by atoms with Gasteiger partial charge in [-0.15, -0.1) is 11.3 Å². The molecule has 1 aliphatic carbocycles. The summed E-state index contributed by atoms with van der Waals surface area (Å²) in [5, 5.41) is 1.12. The maximum absolute atomic E-state index is 11.4. The zero-order valence-electron chi connectivity index (χ0n) is 9.08. The van der Waals surface area contributed by atoms with E-state index in [2.05, 4.69) is 4.98 Å². The standard InChI is InChI=1S/C11H15NO2S/c1-7-9(11(13)14-2)12-10(15-7)8-5-3-4-6-8/h8H,3-6H2,1-2H3. The summed E-state index contributed by atoms with van der Waals surface area (Å²) in [5.41, 5.74) is 0.504. The first kappa shape index (κ1) is 10.6. The van der Waals surface area contributed by atoms with E-state index < -0.39 is 0 Å². The van der Waals surface area contributed by atoms with Crippen LogP contribution in [0.1, 0.15) is 52.0 Å². The van der Waals surface area contributed by atoms with Crippen LogP contribution in [0.15, 0.2) is 0 Å². The maximum Gasteiger partial charge on any atom is 0.357 e. The lowest BCUT2D eigenvalue weighted by atomic mass is 10.1. The number of hydrogen-bond donors (Lipinski definition) is 0. The van der Waals surface area contributed by atoms with Gasteiger partial charge < -0.3 is 4.74 Å². The zero-order valence-corrected chi connectivity index (χ0v) is 9.89. The number of carbonyl (C=O) groups is 1. The normalized spacial score (nSPS) is 16.9. The van der Waals surface area contributed by atoms with E-state index in [9.17, 15) is 4.79 Å².